The fraction of sp³-hybridized carbons (Fsp3) is 0.429. The molecule has 0 atom stereocenters. The number of nitrogens with zero attached hydrogens (tertiary/aromatic N) is 5. The zero-order chi connectivity index (χ0) is 22.6. The molecular weight excluding hydrogens is 462 g/mol. The van der Waals surface area contributed by atoms with E-state index in [2.05, 4.69) is 35.9 Å². The Kier molecular flexibility index (Phi) is 6.44. The smallest absolute Gasteiger partial charge is 0.296 e. The molecule has 1 saturated carbocycles. The van der Waals surface area contributed by atoms with E-state index in [9.17, 15) is 9.59 Å². The molecular formula is C21H23N7O3S2. The van der Waals surface area contributed by atoms with Crippen molar-refractivity contribution < 1.29 is 14.3 Å². The Balaban J connectivity index is 1.07. The summed E-state index contributed by atoms with van der Waals surface area (Å²) in [4.78, 5) is 26.2. The SMILES string of the molecule is O=C(Cc1ccccc1)Nc1nnc(OC2CCN(c3nnc(NC(=O)C4CC4)s3)CC2)s1. The minimum absolute atomic E-state index is 0.0176. The van der Waals surface area contributed by atoms with Crippen molar-refractivity contribution in [3.8, 4) is 5.19 Å². The highest BCUT2D eigenvalue weighted by atomic mass is 32.1. The molecule has 2 amide bonds. The van der Waals surface area contributed by atoms with E-state index in [0.29, 0.717) is 15.5 Å². The monoisotopic (exact) mass is 485 g/mol. The molecule has 1 saturated heterocycles. The number of nitrogens with one attached hydrogen (secondary N) is 2. The maximum absolute atomic E-state index is 12.2. The van der Waals surface area contributed by atoms with Gasteiger partial charge in [-0.15, -0.1) is 15.3 Å². The summed E-state index contributed by atoms with van der Waals surface area (Å²) in [5.74, 6) is 0.0442. The highest BCUT2D eigenvalue weighted by Crippen LogP contribution is 2.33. The fourth-order valence-electron chi connectivity index (χ4n) is 3.51. The van der Waals surface area contributed by atoms with Crippen LogP contribution in [0.4, 0.5) is 15.4 Å². The van der Waals surface area contributed by atoms with Gasteiger partial charge in [-0.1, -0.05) is 46.8 Å². The van der Waals surface area contributed by atoms with Crippen LogP contribution < -0.4 is 20.3 Å². The van der Waals surface area contributed by atoms with E-state index in [1.807, 2.05) is 30.3 Å². The van der Waals surface area contributed by atoms with Gasteiger partial charge in [0.1, 0.15) is 6.10 Å². The van der Waals surface area contributed by atoms with Crippen molar-refractivity contribution >= 4 is 49.9 Å². The first kappa shape index (κ1) is 21.7. The van der Waals surface area contributed by atoms with Gasteiger partial charge in [0.2, 0.25) is 27.2 Å². The minimum Gasteiger partial charge on any atom is -0.465 e. The van der Waals surface area contributed by atoms with Crippen LogP contribution in [0.15, 0.2) is 30.3 Å². The van der Waals surface area contributed by atoms with Gasteiger partial charge in [-0.2, -0.15) is 0 Å². The molecule has 2 aliphatic rings. The maximum atomic E-state index is 12.2. The molecule has 3 aromatic rings. The van der Waals surface area contributed by atoms with Crippen LogP contribution in [0.25, 0.3) is 0 Å². The number of benzene rings is 1. The summed E-state index contributed by atoms with van der Waals surface area (Å²) in [6, 6.07) is 9.55. The normalized spacial score (nSPS) is 16.4. The van der Waals surface area contributed by atoms with Crippen LogP contribution in [-0.4, -0.2) is 51.4 Å². The van der Waals surface area contributed by atoms with Gasteiger partial charge in [-0.3, -0.25) is 9.59 Å². The van der Waals surface area contributed by atoms with E-state index in [1.165, 1.54) is 22.7 Å². The molecule has 1 aliphatic heterocycles. The zero-order valence-electron chi connectivity index (χ0n) is 17.8. The molecule has 2 fully saturated rings. The van der Waals surface area contributed by atoms with Crippen molar-refractivity contribution in [1.82, 2.24) is 20.4 Å². The van der Waals surface area contributed by atoms with E-state index >= 15 is 0 Å². The number of aromatic nitrogens is 4. The van der Waals surface area contributed by atoms with Gasteiger partial charge < -0.3 is 20.3 Å². The molecule has 3 heterocycles. The number of hydrogen-bond acceptors (Lipinski definition) is 10. The number of ether oxygens (including phenoxy) is 1. The molecule has 33 heavy (non-hydrogen) atoms. The Morgan fingerprint density at radius 3 is 2.42 bits per heavy atom. The van der Waals surface area contributed by atoms with Crippen molar-refractivity contribution in [3.05, 3.63) is 35.9 Å². The second-order valence-corrected chi connectivity index (χ2v) is 9.94. The first-order valence-electron chi connectivity index (χ1n) is 10.9. The lowest BCUT2D eigenvalue weighted by Crippen LogP contribution is -2.38. The summed E-state index contributed by atoms with van der Waals surface area (Å²) in [5, 5.41) is 24.2. The highest BCUT2D eigenvalue weighted by molar-refractivity contribution is 7.19. The number of carbonyl (C=O) groups excluding carboxylic acids is 2. The van der Waals surface area contributed by atoms with Crippen molar-refractivity contribution in [2.24, 2.45) is 5.92 Å². The molecule has 5 rings (SSSR count). The third-order valence-electron chi connectivity index (χ3n) is 5.43. The van der Waals surface area contributed by atoms with Crippen LogP contribution in [0.5, 0.6) is 5.19 Å². The van der Waals surface area contributed by atoms with Gasteiger partial charge in [0.25, 0.3) is 5.19 Å². The van der Waals surface area contributed by atoms with Gasteiger partial charge in [0.05, 0.1) is 6.42 Å². The number of hydrogen-bond donors (Lipinski definition) is 2. The Labute approximate surface area is 198 Å². The van der Waals surface area contributed by atoms with E-state index in [1.54, 1.807) is 0 Å². The van der Waals surface area contributed by atoms with Crippen molar-refractivity contribution in [2.45, 2.75) is 38.2 Å². The van der Waals surface area contributed by atoms with Crippen molar-refractivity contribution in [3.63, 3.8) is 0 Å². The van der Waals surface area contributed by atoms with Crippen LogP contribution in [0.3, 0.4) is 0 Å². The van der Waals surface area contributed by atoms with Gasteiger partial charge in [-0.25, -0.2) is 0 Å². The number of piperidine rings is 1. The number of rotatable bonds is 8. The fourth-order valence-corrected chi connectivity index (χ4v) is 4.98. The Hall–Kier alpha value is -3.12. The van der Waals surface area contributed by atoms with Crippen LogP contribution in [0.2, 0.25) is 0 Å². The molecule has 12 heteroatoms. The van der Waals surface area contributed by atoms with Crippen LogP contribution in [0.1, 0.15) is 31.2 Å². The second kappa shape index (κ2) is 9.79. The minimum atomic E-state index is -0.137. The molecule has 0 spiro atoms. The van der Waals surface area contributed by atoms with Crippen LogP contribution in [-0.2, 0) is 16.0 Å². The first-order valence-corrected chi connectivity index (χ1v) is 12.5. The predicted octanol–water partition coefficient (Wildman–Crippen LogP) is 2.97. The zero-order valence-corrected chi connectivity index (χ0v) is 19.4. The standard InChI is InChI=1S/C21H23N7O3S2/c29-16(12-13-4-2-1-3-5-13)22-18-25-27-21(33-18)31-15-8-10-28(11-9-15)20-26-24-19(32-20)23-17(30)14-6-7-14/h1-5,14-15H,6-12H2,(H,22,25,29)(H,23,24,30). The summed E-state index contributed by atoms with van der Waals surface area (Å²) in [7, 11) is 0. The molecule has 0 radical (unpaired) electrons. The lowest BCUT2D eigenvalue weighted by Gasteiger charge is -2.30. The third-order valence-corrected chi connectivity index (χ3v) is 7.06. The van der Waals surface area contributed by atoms with Crippen LogP contribution >= 0.6 is 22.7 Å². The molecule has 0 bridgehead atoms. The molecule has 0 unspecified atom stereocenters. The van der Waals surface area contributed by atoms with E-state index in [4.69, 9.17) is 4.74 Å². The van der Waals surface area contributed by atoms with Gasteiger partial charge in [0.15, 0.2) is 0 Å². The molecule has 2 aromatic heterocycles. The molecule has 172 valence electrons. The second-order valence-electron chi connectivity index (χ2n) is 8.04. The number of amides is 2. The quantitative estimate of drug-likeness (QED) is 0.499. The average Bonchev–Trinajstić information content (AvgIpc) is 3.43. The maximum Gasteiger partial charge on any atom is 0.296 e. The summed E-state index contributed by atoms with van der Waals surface area (Å²) in [6.45, 7) is 1.55. The molecule has 2 N–H and O–H groups in total. The van der Waals surface area contributed by atoms with Crippen LogP contribution in [0, 0.1) is 5.92 Å². The third kappa shape index (κ3) is 5.82. The average molecular weight is 486 g/mol. The van der Waals surface area contributed by atoms with Gasteiger partial charge >= 0.3 is 0 Å². The van der Waals surface area contributed by atoms with Gasteiger partial charge in [0, 0.05) is 31.8 Å². The lowest BCUT2D eigenvalue weighted by atomic mass is 10.1. The van der Waals surface area contributed by atoms with Gasteiger partial charge in [-0.05, 0) is 29.7 Å². The summed E-state index contributed by atoms with van der Waals surface area (Å²) < 4.78 is 5.99. The number of anilines is 3. The predicted molar refractivity (Wildman–Crippen MR) is 126 cm³/mol. The van der Waals surface area contributed by atoms with Crippen molar-refractivity contribution in [1.29, 1.82) is 0 Å². The topological polar surface area (TPSA) is 122 Å². The lowest BCUT2D eigenvalue weighted by molar-refractivity contribution is -0.117. The largest absolute Gasteiger partial charge is 0.465 e. The Morgan fingerprint density at radius 2 is 1.67 bits per heavy atom. The van der Waals surface area contributed by atoms with E-state index < -0.39 is 0 Å². The molecule has 10 nitrogen and oxygen atoms in total. The van der Waals surface area contributed by atoms with Crippen molar-refractivity contribution in [2.75, 3.05) is 28.6 Å². The Bertz CT molecular complexity index is 1110. The van der Waals surface area contributed by atoms with E-state index in [0.717, 1.165) is 49.5 Å². The highest BCUT2D eigenvalue weighted by Gasteiger charge is 2.30. The Morgan fingerprint density at radius 1 is 0.939 bits per heavy atom. The molecule has 1 aliphatic carbocycles. The summed E-state index contributed by atoms with van der Waals surface area (Å²) >= 11 is 2.63. The summed E-state index contributed by atoms with van der Waals surface area (Å²) in [6.07, 6.45) is 3.83. The first-order chi connectivity index (χ1) is 16.1. The number of carbonyl (C=O) groups is 2. The molecule has 1 aromatic carbocycles. The van der Waals surface area contributed by atoms with E-state index in [-0.39, 0.29) is 30.3 Å². The summed E-state index contributed by atoms with van der Waals surface area (Å²) in [5.41, 5.74) is 0.940.